The van der Waals surface area contributed by atoms with Crippen molar-refractivity contribution in [2.45, 2.75) is 13.3 Å². The SMILES string of the molecule is Cc1nc(CCNC(=O)c2c(F)cccc2Br)cs1. The molecule has 0 saturated carbocycles. The first-order valence-electron chi connectivity index (χ1n) is 5.71. The van der Waals surface area contributed by atoms with Crippen molar-refractivity contribution in [1.82, 2.24) is 10.3 Å². The van der Waals surface area contributed by atoms with Crippen LogP contribution in [0.2, 0.25) is 0 Å². The minimum atomic E-state index is -0.531. The maximum atomic E-state index is 13.6. The van der Waals surface area contributed by atoms with Gasteiger partial charge in [-0.25, -0.2) is 9.37 Å². The predicted molar refractivity (Wildman–Crippen MR) is 77.0 cm³/mol. The normalized spacial score (nSPS) is 10.5. The van der Waals surface area contributed by atoms with E-state index >= 15 is 0 Å². The minimum absolute atomic E-state index is 0.0389. The molecule has 1 heterocycles. The van der Waals surface area contributed by atoms with Crippen molar-refractivity contribution in [3.8, 4) is 0 Å². The van der Waals surface area contributed by atoms with Crippen LogP contribution in [0.25, 0.3) is 0 Å². The van der Waals surface area contributed by atoms with Crippen LogP contribution in [0.3, 0.4) is 0 Å². The van der Waals surface area contributed by atoms with E-state index in [-0.39, 0.29) is 5.56 Å². The van der Waals surface area contributed by atoms with E-state index in [0.717, 1.165) is 10.7 Å². The van der Waals surface area contributed by atoms with Crippen LogP contribution < -0.4 is 5.32 Å². The zero-order valence-electron chi connectivity index (χ0n) is 10.2. The predicted octanol–water partition coefficient (Wildman–Crippen LogP) is 3.33. The molecule has 0 spiro atoms. The fourth-order valence-electron chi connectivity index (χ4n) is 1.63. The van der Waals surface area contributed by atoms with Crippen molar-refractivity contribution in [2.75, 3.05) is 6.54 Å². The summed E-state index contributed by atoms with van der Waals surface area (Å²) in [6, 6.07) is 4.46. The number of carbonyl (C=O) groups excluding carboxylic acids is 1. The van der Waals surface area contributed by atoms with E-state index in [9.17, 15) is 9.18 Å². The lowest BCUT2D eigenvalue weighted by Gasteiger charge is -2.07. The van der Waals surface area contributed by atoms with Gasteiger partial charge >= 0.3 is 0 Å². The molecule has 0 aliphatic heterocycles. The second-order valence-electron chi connectivity index (χ2n) is 3.96. The van der Waals surface area contributed by atoms with Gasteiger partial charge in [0, 0.05) is 22.8 Å². The highest BCUT2D eigenvalue weighted by Crippen LogP contribution is 2.19. The molecule has 3 nitrogen and oxygen atoms in total. The molecule has 0 unspecified atom stereocenters. The summed E-state index contributed by atoms with van der Waals surface area (Å²) in [5.74, 6) is -0.951. The first kappa shape index (κ1) is 14.1. The molecule has 1 aromatic heterocycles. The third kappa shape index (κ3) is 3.61. The Kier molecular flexibility index (Phi) is 4.66. The van der Waals surface area contributed by atoms with Gasteiger partial charge in [0.15, 0.2) is 0 Å². The summed E-state index contributed by atoms with van der Waals surface area (Å²) in [5.41, 5.74) is 0.979. The Balaban J connectivity index is 1.94. The van der Waals surface area contributed by atoms with Crippen molar-refractivity contribution in [3.05, 3.63) is 50.1 Å². The zero-order chi connectivity index (χ0) is 13.8. The van der Waals surface area contributed by atoms with E-state index < -0.39 is 11.7 Å². The summed E-state index contributed by atoms with van der Waals surface area (Å²) < 4.78 is 14.0. The van der Waals surface area contributed by atoms with Gasteiger partial charge < -0.3 is 5.32 Å². The van der Waals surface area contributed by atoms with Crippen LogP contribution >= 0.6 is 27.3 Å². The molecular formula is C13H12BrFN2OS. The van der Waals surface area contributed by atoms with Crippen LogP contribution in [0.4, 0.5) is 4.39 Å². The summed E-state index contributed by atoms with van der Waals surface area (Å²) in [6.07, 6.45) is 0.641. The van der Waals surface area contributed by atoms with Gasteiger partial charge in [0.25, 0.3) is 5.91 Å². The summed E-state index contributed by atoms with van der Waals surface area (Å²) in [6.45, 7) is 2.37. The number of nitrogens with one attached hydrogen (secondary N) is 1. The van der Waals surface area contributed by atoms with Gasteiger partial charge in [-0.3, -0.25) is 4.79 Å². The van der Waals surface area contributed by atoms with Crippen LogP contribution in [-0.2, 0) is 6.42 Å². The van der Waals surface area contributed by atoms with E-state index in [1.807, 2.05) is 12.3 Å². The molecule has 0 radical (unpaired) electrons. The summed E-state index contributed by atoms with van der Waals surface area (Å²) in [5, 5.41) is 5.65. The van der Waals surface area contributed by atoms with Crippen molar-refractivity contribution in [1.29, 1.82) is 0 Å². The molecule has 6 heteroatoms. The number of nitrogens with zero attached hydrogens (tertiary/aromatic N) is 1. The molecule has 100 valence electrons. The third-order valence-electron chi connectivity index (χ3n) is 2.52. The van der Waals surface area contributed by atoms with Crippen LogP contribution in [0.5, 0.6) is 0 Å². The average molecular weight is 343 g/mol. The number of rotatable bonds is 4. The number of halogens is 2. The van der Waals surface area contributed by atoms with Gasteiger partial charge in [-0.1, -0.05) is 6.07 Å². The molecule has 0 fully saturated rings. The number of benzene rings is 1. The van der Waals surface area contributed by atoms with Crippen molar-refractivity contribution in [3.63, 3.8) is 0 Å². The Labute approximate surface area is 123 Å². The molecule has 0 atom stereocenters. The molecule has 1 N–H and O–H groups in total. The molecule has 0 aliphatic rings. The van der Waals surface area contributed by atoms with E-state index in [1.54, 1.807) is 23.5 Å². The number of carbonyl (C=O) groups is 1. The quantitative estimate of drug-likeness (QED) is 0.925. The lowest BCUT2D eigenvalue weighted by molar-refractivity contribution is 0.0949. The van der Waals surface area contributed by atoms with Gasteiger partial charge in [0.2, 0.25) is 0 Å². The molecule has 1 amide bonds. The Hall–Kier alpha value is -1.27. The standard InChI is InChI=1S/C13H12BrFN2OS/c1-8-17-9(7-19-8)5-6-16-13(18)12-10(14)3-2-4-11(12)15/h2-4,7H,5-6H2,1H3,(H,16,18). The van der Waals surface area contributed by atoms with Crippen LogP contribution in [0, 0.1) is 12.7 Å². The fraction of sp³-hybridized carbons (Fsp3) is 0.231. The Bertz CT molecular complexity index is 580. The van der Waals surface area contributed by atoms with E-state index in [2.05, 4.69) is 26.2 Å². The van der Waals surface area contributed by atoms with Gasteiger partial charge in [-0.2, -0.15) is 0 Å². The van der Waals surface area contributed by atoms with Crippen LogP contribution in [0.1, 0.15) is 21.1 Å². The number of aryl methyl sites for hydroxylation is 1. The molecule has 2 rings (SSSR count). The average Bonchev–Trinajstić information content (AvgIpc) is 2.75. The van der Waals surface area contributed by atoms with Crippen LogP contribution in [0.15, 0.2) is 28.1 Å². The van der Waals surface area contributed by atoms with E-state index in [0.29, 0.717) is 17.4 Å². The Morgan fingerprint density at radius 3 is 2.95 bits per heavy atom. The second-order valence-corrected chi connectivity index (χ2v) is 5.88. The third-order valence-corrected chi connectivity index (χ3v) is 4.01. The highest BCUT2D eigenvalue weighted by molar-refractivity contribution is 9.10. The van der Waals surface area contributed by atoms with Crippen molar-refractivity contribution in [2.24, 2.45) is 0 Å². The minimum Gasteiger partial charge on any atom is -0.352 e. The van der Waals surface area contributed by atoms with Gasteiger partial charge in [0.05, 0.1) is 16.3 Å². The Morgan fingerprint density at radius 1 is 1.53 bits per heavy atom. The largest absolute Gasteiger partial charge is 0.352 e. The molecule has 0 aliphatic carbocycles. The molecule has 2 aromatic rings. The van der Waals surface area contributed by atoms with Gasteiger partial charge in [-0.15, -0.1) is 11.3 Å². The van der Waals surface area contributed by atoms with Crippen LogP contribution in [-0.4, -0.2) is 17.4 Å². The van der Waals surface area contributed by atoms with E-state index in [4.69, 9.17) is 0 Å². The summed E-state index contributed by atoms with van der Waals surface area (Å²) in [4.78, 5) is 16.2. The smallest absolute Gasteiger partial charge is 0.255 e. The second kappa shape index (κ2) is 6.25. The fourth-order valence-corrected chi connectivity index (χ4v) is 2.80. The highest BCUT2D eigenvalue weighted by Gasteiger charge is 2.14. The number of hydrogen-bond donors (Lipinski definition) is 1. The van der Waals surface area contributed by atoms with Crippen molar-refractivity contribution >= 4 is 33.2 Å². The zero-order valence-corrected chi connectivity index (χ0v) is 12.6. The monoisotopic (exact) mass is 342 g/mol. The number of amides is 1. The van der Waals surface area contributed by atoms with E-state index in [1.165, 1.54) is 6.07 Å². The summed E-state index contributed by atoms with van der Waals surface area (Å²) >= 11 is 4.75. The maximum Gasteiger partial charge on any atom is 0.255 e. The first-order valence-corrected chi connectivity index (χ1v) is 7.38. The maximum absolute atomic E-state index is 13.6. The molecule has 0 saturated heterocycles. The lowest BCUT2D eigenvalue weighted by Crippen LogP contribution is -2.27. The Morgan fingerprint density at radius 2 is 2.32 bits per heavy atom. The highest BCUT2D eigenvalue weighted by atomic mass is 79.9. The summed E-state index contributed by atoms with van der Waals surface area (Å²) in [7, 11) is 0. The molecule has 19 heavy (non-hydrogen) atoms. The van der Waals surface area contributed by atoms with Crippen molar-refractivity contribution < 1.29 is 9.18 Å². The molecular weight excluding hydrogens is 331 g/mol. The van der Waals surface area contributed by atoms with Gasteiger partial charge in [-0.05, 0) is 35.0 Å². The number of thiazole rings is 1. The molecule has 1 aromatic carbocycles. The first-order chi connectivity index (χ1) is 9.08. The topological polar surface area (TPSA) is 42.0 Å². The molecule has 0 bridgehead atoms. The lowest BCUT2D eigenvalue weighted by atomic mass is 10.2. The number of hydrogen-bond acceptors (Lipinski definition) is 3. The number of aromatic nitrogens is 1. The van der Waals surface area contributed by atoms with Gasteiger partial charge in [0.1, 0.15) is 5.82 Å².